The molecule has 2 aliphatic rings. The normalized spacial score (nSPS) is 26.0. The molecule has 4 rings (SSSR count). The average Bonchev–Trinajstić information content (AvgIpc) is 3.20. The standard InChI is InChI=1S/C16H21N5O2/c22-14-4-1-3-13(14)19-7-9-20(10-8-19)16(23)12-11-18-21-6-2-5-17-15(12)21/h2,5-6,11,13-14,22H,1,3-4,7-10H2/t13-,14+/m0/s1. The van der Waals surface area contributed by atoms with Crippen LogP contribution in [0.1, 0.15) is 29.6 Å². The largest absolute Gasteiger partial charge is 0.391 e. The van der Waals surface area contributed by atoms with Crippen LogP contribution in [0.2, 0.25) is 0 Å². The number of carbonyl (C=O) groups is 1. The Morgan fingerprint density at radius 1 is 1.22 bits per heavy atom. The van der Waals surface area contributed by atoms with E-state index in [1.165, 1.54) is 0 Å². The quantitative estimate of drug-likeness (QED) is 0.868. The molecule has 23 heavy (non-hydrogen) atoms. The highest BCUT2D eigenvalue weighted by atomic mass is 16.3. The second-order valence-corrected chi connectivity index (χ2v) is 6.34. The summed E-state index contributed by atoms with van der Waals surface area (Å²) in [4.78, 5) is 21.2. The van der Waals surface area contributed by atoms with Gasteiger partial charge in [0.15, 0.2) is 5.65 Å². The molecule has 122 valence electrons. The topological polar surface area (TPSA) is 74.0 Å². The third kappa shape index (κ3) is 2.60. The van der Waals surface area contributed by atoms with E-state index in [4.69, 9.17) is 0 Å². The maximum Gasteiger partial charge on any atom is 0.259 e. The van der Waals surface area contributed by atoms with Crippen molar-refractivity contribution >= 4 is 11.6 Å². The van der Waals surface area contributed by atoms with E-state index >= 15 is 0 Å². The molecule has 2 fully saturated rings. The molecule has 3 heterocycles. The molecule has 0 unspecified atom stereocenters. The smallest absolute Gasteiger partial charge is 0.259 e. The maximum absolute atomic E-state index is 12.7. The number of hydrogen-bond acceptors (Lipinski definition) is 5. The van der Waals surface area contributed by atoms with Gasteiger partial charge in [-0.05, 0) is 25.3 Å². The number of piperazine rings is 1. The number of amides is 1. The fourth-order valence-corrected chi connectivity index (χ4v) is 3.75. The summed E-state index contributed by atoms with van der Waals surface area (Å²) in [7, 11) is 0. The number of carbonyl (C=O) groups excluding carboxylic acids is 1. The van der Waals surface area contributed by atoms with Gasteiger partial charge >= 0.3 is 0 Å². The lowest BCUT2D eigenvalue weighted by Gasteiger charge is -2.39. The molecule has 7 heteroatoms. The van der Waals surface area contributed by atoms with Gasteiger partial charge in [-0.25, -0.2) is 9.50 Å². The summed E-state index contributed by atoms with van der Waals surface area (Å²) in [5.41, 5.74) is 1.16. The van der Waals surface area contributed by atoms with E-state index in [9.17, 15) is 9.90 Å². The summed E-state index contributed by atoms with van der Waals surface area (Å²) in [5, 5.41) is 14.2. The van der Waals surface area contributed by atoms with Gasteiger partial charge in [0.2, 0.25) is 0 Å². The summed E-state index contributed by atoms with van der Waals surface area (Å²) >= 11 is 0. The van der Waals surface area contributed by atoms with Crippen LogP contribution in [-0.2, 0) is 0 Å². The first kappa shape index (κ1) is 14.6. The summed E-state index contributed by atoms with van der Waals surface area (Å²) in [6.45, 7) is 3.01. The Balaban J connectivity index is 1.45. The average molecular weight is 315 g/mol. The van der Waals surface area contributed by atoms with Gasteiger partial charge in [-0.1, -0.05) is 0 Å². The predicted molar refractivity (Wildman–Crippen MR) is 84.1 cm³/mol. The van der Waals surface area contributed by atoms with Crippen molar-refractivity contribution in [2.75, 3.05) is 26.2 Å². The van der Waals surface area contributed by atoms with E-state index in [1.54, 1.807) is 29.2 Å². The number of rotatable bonds is 2. The van der Waals surface area contributed by atoms with Gasteiger partial charge in [-0.15, -0.1) is 0 Å². The Kier molecular flexibility index (Phi) is 3.74. The van der Waals surface area contributed by atoms with Gasteiger partial charge in [0.1, 0.15) is 5.56 Å². The van der Waals surface area contributed by atoms with Crippen LogP contribution in [0.5, 0.6) is 0 Å². The van der Waals surface area contributed by atoms with Gasteiger partial charge < -0.3 is 10.0 Å². The highest BCUT2D eigenvalue weighted by molar-refractivity contribution is 5.99. The lowest BCUT2D eigenvalue weighted by atomic mass is 10.1. The predicted octanol–water partition coefficient (Wildman–Crippen LogP) is 0.401. The lowest BCUT2D eigenvalue weighted by molar-refractivity contribution is 0.0316. The van der Waals surface area contributed by atoms with Crippen molar-refractivity contribution in [1.82, 2.24) is 24.4 Å². The highest BCUT2D eigenvalue weighted by Gasteiger charge is 2.33. The Bertz CT molecular complexity index is 707. The van der Waals surface area contributed by atoms with Crippen LogP contribution >= 0.6 is 0 Å². The minimum Gasteiger partial charge on any atom is -0.391 e. The minimum absolute atomic E-state index is 0.00896. The third-order valence-corrected chi connectivity index (χ3v) is 5.02. The van der Waals surface area contributed by atoms with Gasteiger partial charge in [-0.2, -0.15) is 5.10 Å². The molecular formula is C16H21N5O2. The number of fused-ring (bicyclic) bond motifs is 1. The molecule has 0 aromatic carbocycles. The number of nitrogens with zero attached hydrogens (tertiary/aromatic N) is 5. The van der Waals surface area contributed by atoms with Crippen molar-refractivity contribution in [2.24, 2.45) is 0 Å². The molecule has 7 nitrogen and oxygen atoms in total. The van der Waals surface area contributed by atoms with E-state index in [0.29, 0.717) is 24.3 Å². The number of aromatic nitrogens is 3. The SMILES string of the molecule is O=C(c1cnn2cccnc12)N1CCN([C@H]2CCC[C@H]2O)CC1. The van der Waals surface area contributed by atoms with Gasteiger partial charge in [-0.3, -0.25) is 9.69 Å². The van der Waals surface area contributed by atoms with E-state index in [1.807, 2.05) is 4.90 Å². The van der Waals surface area contributed by atoms with Crippen molar-refractivity contribution in [2.45, 2.75) is 31.4 Å². The van der Waals surface area contributed by atoms with Gasteiger partial charge in [0.05, 0.1) is 12.3 Å². The summed E-state index contributed by atoms with van der Waals surface area (Å²) in [6.07, 6.45) is 7.91. The molecule has 2 atom stereocenters. The molecule has 1 aliphatic heterocycles. The highest BCUT2D eigenvalue weighted by Crippen LogP contribution is 2.25. The summed E-state index contributed by atoms with van der Waals surface area (Å²) in [5.74, 6) is -0.00896. The Labute approximate surface area is 134 Å². The number of aliphatic hydroxyl groups excluding tert-OH is 1. The van der Waals surface area contributed by atoms with Crippen molar-refractivity contribution in [3.63, 3.8) is 0 Å². The third-order valence-electron chi connectivity index (χ3n) is 5.02. The van der Waals surface area contributed by atoms with Gasteiger partial charge in [0, 0.05) is 44.6 Å². The molecule has 0 bridgehead atoms. The lowest BCUT2D eigenvalue weighted by Crippen LogP contribution is -2.53. The molecule has 1 saturated carbocycles. The fraction of sp³-hybridized carbons (Fsp3) is 0.562. The first-order chi connectivity index (χ1) is 11.2. The maximum atomic E-state index is 12.7. The van der Waals surface area contributed by atoms with Crippen LogP contribution in [-0.4, -0.2) is 73.7 Å². The number of hydrogen-bond donors (Lipinski definition) is 1. The fourth-order valence-electron chi connectivity index (χ4n) is 3.75. The first-order valence-corrected chi connectivity index (χ1v) is 8.24. The molecule has 1 aliphatic carbocycles. The monoisotopic (exact) mass is 315 g/mol. The molecule has 2 aromatic heterocycles. The van der Waals surface area contributed by atoms with Crippen LogP contribution < -0.4 is 0 Å². The van der Waals surface area contributed by atoms with Crippen LogP contribution in [0.25, 0.3) is 5.65 Å². The van der Waals surface area contributed by atoms with Crippen LogP contribution in [0.3, 0.4) is 0 Å². The molecule has 0 spiro atoms. The minimum atomic E-state index is -0.207. The first-order valence-electron chi connectivity index (χ1n) is 8.24. The molecule has 1 amide bonds. The molecular weight excluding hydrogens is 294 g/mol. The second-order valence-electron chi connectivity index (χ2n) is 6.34. The zero-order valence-electron chi connectivity index (χ0n) is 13.0. The Morgan fingerprint density at radius 3 is 2.78 bits per heavy atom. The molecule has 1 N–H and O–H groups in total. The molecule has 2 aromatic rings. The van der Waals surface area contributed by atoms with Crippen LogP contribution in [0.15, 0.2) is 24.7 Å². The Hall–Kier alpha value is -1.99. The van der Waals surface area contributed by atoms with E-state index < -0.39 is 0 Å². The van der Waals surface area contributed by atoms with E-state index in [0.717, 1.165) is 32.4 Å². The van der Waals surface area contributed by atoms with Crippen molar-refractivity contribution in [3.05, 3.63) is 30.2 Å². The molecule has 0 radical (unpaired) electrons. The van der Waals surface area contributed by atoms with Gasteiger partial charge in [0.25, 0.3) is 5.91 Å². The zero-order chi connectivity index (χ0) is 15.8. The van der Waals surface area contributed by atoms with E-state index in [-0.39, 0.29) is 18.1 Å². The molecule has 1 saturated heterocycles. The second kappa shape index (κ2) is 5.90. The zero-order valence-corrected chi connectivity index (χ0v) is 13.0. The summed E-state index contributed by atoms with van der Waals surface area (Å²) in [6, 6.07) is 2.06. The van der Waals surface area contributed by atoms with Crippen molar-refractivity contribution < 1.29 is 9.90 Å². The van der Waals surface area contributed by atoms with Crippen molar-refractivity contribution in [3.8, 4) is 0 Å². The van der Waals surface area contributed by atoms with Crippen LogP contribution in [0.4, 0.5) is 0 Å². The van der Waals surface area contributed by atoms with E-state index in [2.05, 4.69) is 15.0 Å². The Morgan fingerprint density at radius 2 is 2.04 bits per heavy atom. The van der Waals surface area contributed by atoms with Crippen LogP contribution in [0, 0.1) is 0 Å². The van der Waals surface area contributed by atoms with Crippen molar-refractivity contribution in [1.29, 1.82) is 0 Å². The summed E-state index contributed by atoms with van der Waals surface area (Å²) < 4.78 is 1.62. The number of aliphatic hydroxyl groups is 1.